The Balaban J connectivity index is 1.98. The smallest absolute Gasteiger partial charge is 0.312 e. The quantitative estimate of drug-likeness (QED) is 0.120. The first kappa shape index (κ1) is 44.1. The summed E-state index contributed by atoms with van der Waals surface area (Å²) in [5.41, 5.74) is 0.117. The summed E-state index contributed by atoms with van der Waals surface area (Å²) in [4.78, 5) is 42.3. The van der Waals surface area contributed by atoms with Crippen LogP contribution in [0.2, 0.25) is 0 Å². The number of ketones is 1. The number of ether oxygens (including phenoxy) is 4. The minimum Gasteiger partial charge on any atom is -0.507 e. The van der Waals surface area contributed by atoms with E-state index < -0.39 is 88.8 Å². The minimum absolute atomic E-state index is 0.0541. The van der Waals surface area contributed by atoms with Crippen molar-refractivity contribution in [2.45, 2.75) is 106 Å². The monoisotopic (exact) mass is 782 g/mol. The average molecular weight is 783 g/mol. The van der Waals surface area contributed by atoms with Crippen LogP contribution < -0.4 is 10.1 Å². The number of carbonyl (C=O) groups is 3. The number of benzene rings is 2. The molecule has 6 N–H and O–H groups in total. The van der Waals surface area contributed by atoms with E-state index in [0.717, 1.165) is 0 Å². The molecule has 2 aromatic carbocycles. The normalized spacial score (nSPS) is 31.1. The molecule has 0 aliphatic carbocycles. The van der Waals surface area contributed by atoms with Gasteiger partial charge in [-0.05, 0) is 33.0 Å². The zero-order valence-corrected chi connectivity index (χ0v) is 34.2. The molecule has 5 rings (SSSR count). The number of methoxy groups -OCH3 is 1. The van der Waals surface area contributed by atoms with E-state index in [2.05, 4.69) is 5.32 Å². The van der Waals surface area contributed by atoms with Crippen LogP contribution in [0.3, 0.4) is 0 Å². The topological polar surface area (TPSA) is 205 Å². The van der Waals surface area contributed by atoms with Gasteiger partial charge in [0, 0.05) is 73.3 Å². The van der Waals surface area contributed by atoms with Gasteiger partial charge in [0.05, 0.1) is 41.2 Å². The second-order valence-corrected chi connectivity index (χ2v) is 15.1. The van der Waals surface area contributed by atoms with Crippen LogP contribution in [0.1, 0.15) is 83.8 Å². The lowest BCUT2D eigenvalue weighted by atomic mass is 9.78. The Morgan fingerprint density at radius 3 is 2.16 bits per heavy atom. The van der Waals surface area contributed by atoms with Crippen molar-refractivity contribution in [3.8, 4) is 23.0 Å². The standard InChI is InChI=1S/C42H58N2O12/c1-12-44(13-2)19-27-32-37(50)30-29(36(27)49)31-39(25(8)35(30)48)56-42(10,40(31)51)54-18-17-28(53-11)22(5)38(55-26(9)45)24(7)34(47)23(6)33(46)20(3)15-14-16-21(4)41(52)43-32/h14-18,20,22-24,28,33-34,38,46-50H,12-13,19H2,1-11H3,(H,43,52)/b15-14+,18-17+,21-16-/t20-,22+,23-,24+,28+,33-,34+,38+,42+/m1/s1. The van der Waals surface area contributed by atoms with Crippen LogP contribution in [0.25, 0.3) is 10.8 Å². The highest BCUT2D eigenvalue weighted by Gasteiger charge is 2.50. The van der Waals surface area contributed by atoms with Gasteiger partial charge in [-0.3, -0.25) is 19.3 Å². The van der Waals surface area contributed by atoms with Crippen LogP contribution in [-0.4, -0.2) is 98.5 Å². The molecule has 14 heteroatoms. The maximum Gasteiger partial charge on any atom is 0.312 e. The Labute approximate surface area is 328 Å². The molecule has 0 radical (unpaired) electrons. The molecule has 2 aromatic rings. The van der Waals surface area contributed by atoms with Gasteiger partial charge in [0.2, 0.25) is 0 Å². The highest BCUT2D eigenvalue weighted by Crippen LogP contribution is 2.55. The number of carbonyl (C=O) groups excluding carboxylic acids is 3. The lowest BCUT2D eigenvalue weighted by molar-refractivity contribution is -0.160. The number of rotatable bonds is 6. The molecule has 3 aliphatic rings. The Kier molecular flexibility index (Phi) is 13.9. The number of anilines is 1. The van der Waals surface area contributed by atoms with Crippen molar-refractivity contribution >= 4 is 34.1 Å². The van der Waals surface area contributed by atoms with Crippen molar-refractivity contribution in [1.29, 1.82) is 0 Å². The summed E-state index contributed by atoms with van der Waals surface area (Å²) < 4.78 is 23.6. The van der Waals surface area contributed by atoms with Crippen molar-refractivity contribution in [2.75, 3.05) is 25.5 Å². The van der Waals surface area contributed by atoms with Crippen molar-refractivity contribution in [1.82, 2.24) is 4.90 Å². The van der Waals surface area contributed by atoms with Crippen LogP contribution in [0, 0.1) is 30.6 Å². The fourth-order valence-electron chi connectivity index (χ4n) is 7.61. The zero-order valence-electron chi connectivity index (χ0n) is 34.2. The summed E-state index contributed by atoms with van der Waals surface area (Å²) in [6.45, 7) is 17.6. The van der Waals surface area contributed by atoms with Gasteiger partial charge >= 0.3 is 11.8 Å². The molecular weight excluding hydrogens is 724 g/mol. The number of aromatic hydroxyl groups is 3. The van der Waals surface area contributed by atoms with E-state index in [0.29, 0.717) is 13.1 Å². The molecule has 0 saturated heterocycles. The number of allylic oxidation sites excluding steroid dienone is 2. The number of esters is 1. The fourth-order valence-corrected chi connectivity index (χ4v) is 7.61. The van der Waals surface area contributed by atoms with Crippen molar-refractivity contribution in [3.05, 3.63) is 52.8 Å². The van der Waals surface area contributed by atoms with E-state index in [1.807, 2.05) is 18.7 Å². The van der Waals surface area contributed by atoms with Gasteiger partial charge in [-0.1, -0.05) is 59.8 Å². The largest absolute Gasteiger partial charge is 0.507 e. The number of phenolic OH excluding ortho intramolecular Hbond substituents is 3. The third kappa shape index (κ3) is 8.38. The van der Waals surface area contributed by atoms with Gasteiger partial charge < -0.3 is 49.8 Å². The van der Waals surface area contributed by atoms with Crippen LogP contribution in [0.15, 0.2) is 36.1 Å². The van der Waals surface area contributed by atoms with E-state index in [9.17, 15) is 39.9 Å². The second kappa shape index (κ2) is 17.7. The number of phenols is 3. The molecular formula is C42H58N2O12. The maximum atomic E-state index is 14.4. The molecule has 9 atom stereocenters. The summed E-state index contributed by atoms with van der Waals surface area (Å²) in [5, 5.41) is 60.5. The molecule has 5 bridgehead atoms. The Morgan fingerprint density at radius 1 is 0.929 bits per heavy atom. The molecule has 308 valence electrons. The van der Waals surface area contributed by atoms with E-state index in [1.54, 1.807) is 46.8 Å². The number of hydrogen-bond acceptors (Lipinski definition) is 13. The molecule has 0 aromatic heterocycles. The summed E-state index contributed by atoms with van der Waals surface area (Å²) in [5.74, 6) is -7.91. The maximum absolute atomic E-state index is 14.4. The van der Waals surface area contributed by atoms with Crippen LogP contribution in [-0.2, 0) is 30.3 Å². The molecule has 3 aliphatic heterocycles. The first-order valence-electron chi connectivity index (χ1n) is 19.0. The van der Waals surface area contributed by atoms with Gasteiger partial charge in [0.1, 0.15) is 23.4 Å². The number of aliphatic hydroxyl groups excluding tert-OH is 2. The summed E-state index contributed by atoms with van der Waals surface area (Å²) >= 11 is 0. The first-order chi connectivity index (χ1) is 26.3. The molecule has 1 amide bonds. The molecule has 3 heterocycles. The average Bonchev–Trinajstić information content (AvgIpc) is 3.43. The van der Waals surface area contributed by atoms with Gasteiger partial charge in [0.15, 0.2) is 5.75 Å². The SMILES string of the molecule is CCN(CC)Cc1c2c(O)c3c(O)c(C)c4c(c3c1O)C(=O)[C@@](C)(O/C=C/[C@H](OC)[C@H](C)[C@H](OC(C)=O)[C@@H](C)[C@@H](O)[C@H](C)[C@H](O)[C@H](C)/C=C/C=C(/C)C(=O)N2)O4. The van der Waals surface area contributed by atoms with E-state index in [-0.39, 0.29) is 51.0 Å². The minimum atomic E-state index is -2.01. The number of nitrogens with one attached hydrogen (secondary N) is 1. The predicted molar refractivity (Wildman–Crippen MR) is 210 cm³/mol. The van der Waals surface area contributed by atoms with Gasteiger partial charge in [-0.2, -0.15) is 0 Å². The zero-order chi connectivity index (χ0) is 42.0. The number of aliphatic hydroxyl groups is 2. The van der Waals surface area contributed by atoms with Gasteiger partial charge in [0.25, 0.3) is 11.7 Å². The number of hydrogen-bond donors (Lipinski definition) is 6. The van der Waals surface area contributed by atoms with Crippen molar-refractivity contribution < 1.29 is 58.9 Å². The number of nitrogens with zero attached hydrogens (tertiary/aromatic N) is 1. The third-order valence-corrected chi connectivity index (χ3v) is 11.4. The van der Waals surface area contributed by atoms with Gasteiger partial charge in [-0.25, -0.2) is 0 Å². The van der Waals surface area contributed by atoms with Crippen molar-refractivity contribution in [3.63, 3.8) is 0 Å². The van der Waals surface area contributed by atoms with E-state index in [4.69, 9.17) is 18.9 Å². The fraction of sp³-hybridized carbons (Fsp3) is 0.548. The molecule has 14 nitrogen and oxygen atoms in total. The Bertz CT molecular complexity index is 1920. The number of Topliss-reactive ketones (excluding diaryl/α,β-unsaturated/α-hetero) is 1. The third-order valence-electron chi connectivity index (χ3n) is 11.4. The molecule has 0 unspecified atom stereocenters. The lowest BCUT2D eigenvalue weighted by Crippen LogP contribution is -2.46. The summed E-state index contributed by atoms with van der Waals surface area (Å²) in [6, 6.07) is 0. The highest BCUT2D eigenvalue weighted by molar-refractivity contribution is 6.22. The molecule has 0 saturated carbocycles. The molecule has 0 spiro atoms. The highest BCUT2D eigenvalue weighted by atomic mass is 16.7. The Morgan fingerprint density at radius 2 is 1.57 bits per heavy atom. The lowest BCUT2D eigenvalue weighted by Gasteiger charge is -2.38. The van der Waals surface area contributed by atoms with Crippen LogP contribution in [0.5, 0.6) is 23.0 Å². The summed E-state index contributed by atoms with van der Waals surface area (Å²) in [7, 11) is 1.44. The van der Waals surface area contributed by atoms with E-state index >= 15 is 0 Å². The molecule has 0 fully saturated rings. The van der Waals surface area contributed by atoms with Crippen LogP contribution in [0.4, 0.5) is 5.69 Å². The molecule has 56 heavy (non-hydrogen) atoms. The van der Waals surface area contributed by atoms with Crippen molar-refractivity contribution in [2.24, 2.45) is 23.7 Å². The second-order valence-electron chi connectivity index (χ2n) is 15.1. The number of amides is 1. The summed E-state index contributed by atoms with van der Waals surface area (Å²) in [6.07, 6.45) is 3.69. The number of fused-ring (bicyclic) bond motifs is 14. The Hall–Kier alpha value is -4.63. The van der Waals surface area contributed by atoms with Crippen LogP contribution >= 0.6 is 0 Å². The first-order valence-corrected chi connectivity index (χ1v) is 19.0. The van der Waals surface area contributed by atoms with E-state index in [1.165, 1.54) is 46.3 Å². The van der Waals surface area contributed by atoms with Gasteiger partial charge in [-0.15, -0.1) is 0 Å². The predicted octanol–water partition coefficient (Wildman–Crippen LogP) is 5.60.